The van der Waals surface area contributed by atoms with Gasteiger partial charge in [0.15, 0.2) is 11.6 Å². The third-order valence-corrected chi connectivity index (χ3v) is 6.26. The number of thiophene rings is 1. The van der Waals surface area contributed by atoms with Crippen molar-refractivity contribution in [3.63, 3.8) is 0 Å². The van der Waals surface area contributed by atoms with Crippen molar-refractivity contribution in [2.45, 2.75) is 11.5 Å². The van der Waals surface area contributed by atoms with Crippen LogP contribution in [0, 0.1) is 11.6 Å². The van der Waals surface area contributed by atoms with Crippen molar-refractivity contribution in [1.29, 1.82) is 0 Å². The summed E-state index contributed by atoms with van der Waals surface area (Å²) in [6, 6.07) is 10.9. The molecule has 0 saturated carbocycles. The van der Waals surface area contributed by atoms with Gasteiger partial charge in [0.25, 0.3) is 5.56 Å². The molecule has 0 aliphatic heterocycles. The van der Waals surface area contributed by atoms with Crippen LogP contribution in [-0.2, 0) is 11.5 Å². The number of aromatic nitrogens is 2. The minimum Gasteiger partial charge on any atom is -0.494 e. The summed E-state index contributed by atoms with van der Waals surface area (Å²) in [5, 5.41) is 2.37. The van der Waals surface area contributed by atoms with Crippen molar-refractivity contribution in [2.24, 2.45) is 0 Å². The predicted octanol–water partition coefficient (Wildman–Crippen LogP) is 5.37. The van der Waals surface area contributed by atoms with Crippen LogP contribution in [0.5, 0.6) is 5.75 Å². The highest BCUT2D eigenvalue weighted by Gasteiger charge is 2.13. The molecular formula is C21H16F2N2O2S2. The van der Waals surface area contributed by atoms with Gasteiger partial charge in [0.1, 0.15) is 16.5 Å². The Morgan fingerprint density at radius 1 is 1.14 bits per heavy atom. The molecule has 0 bridgehead atoms. The van der Waals surface area contributed by atoms with E-state index in [1.165, 1.54) is 48.4 Å². The number of halogens is 2. The summed E-state index contributed by atoms with van der Waals surface area (Å²) >= 11 is 2.91. The van der Waals surface area contributed by atoms with Crippen molar-refractivity contribution < 1.29 is 13.5 Å². The van der Waals surface area contributed by atoms with Gasteiger partial charge in [0.2, 0.25) is 0 Å². The van der Waals surface area contributed by atoms with Gasteiger partial charge < -0.3 is 9.72 Å². The molecule has 0 atom stereocenters. The van der Waals surface area contributed by atoms with Crippen LogP contribution in [0.1, 0.15) is 11.4 Å². The first-order valence-electron chi connectivity index (χ1n) is 8.71. The van der Waals surface area contributed by atoms with Gasteiger partial charge in [-0.15, -0.1) is 23.1 Å². The summed E-state index contributed by atoms with van der Waals surface area (Å²) in [5.74, 6) is 1.12. The average Bonchev–Trinajstić information content (AvgIpc) is 3.13. The van der Waals surface area contributed by atoms with Crippen LogP contribution in [0.3, 0.4) is 0 Å². The molecule has 0 aliphatic carbocycles. The van der Waals surface area contributed by atoms with Gasteiger partial charge in [-0.2, -0.15) is 0 Å². The van der Waals surface area contributed by atoms with Gasteiger partial charge in [0, 0.05) is 16.7 Å². The van der Waals surface area contributed by atoms with E-state index < -0.39 is 5.82 Å². The number of rotatable bonds is 6. The summed E-state index contributed by atoms with van der Waals surface area (Å²) in [6.45, 7) is 0. The lowest BCUT2D eigenvalue weighted by Gasteiger charge is -2.05. The van der Waals surface area contributed by atoms with Crippen molar-refractivity contribution in [3.05, 3.63) is 81.2 Å². The Bertz CT molecular complexity index is 1220. The molecule has 8 heteroatoms. The highest BCUT2D eigenvalue weighted by Crippen LogP contribution is 2.31. The zero-order valence-corrected chi connectivity index (χ0v) is 17.0. The quantitative estimate of drug-likeness (QED) is 0.447. The molecule has 2 aromatic heterocycles. The van der Waals surface area contributed by atoms with Crippen molar-refractivity contribution in [1.82, 2.24) is 9.97 Å². The molecule has 4 aromatic rings. The highest BCUT2D eigenvalue weighted by molar-refractivity contribution is 7.97. The molecule has 1 N–H and O–H groups in total. The number of methoxy groups -OCH3 is 1. The van der Waals surface area contributed by atoms with Gasteiger partial charge in [-0.25, -0.2) is 13.8 Å². The molecule has 29 heavy (non-hydrogen) atoms. The second kappa shape index (κ2) is 8.34. The maximum absolute atomic E-state index is 13.8. The lowest BCUT2D eigenvalue weighted by molar-refractivity contribution is 0.386. The second-order valence-electron chi connectivity index (χ2n) is 6.31. The normalized spacial score (nSPS) is 11.1. The molecule has 4 nitrogen and oxygen atoms in total. The summed E-state index contributed by atoms with van der Waals surface area (Å²) < 4.78 is 31.9. The van der Waals surface area contributed by atoms with Gasteiger partial charge in [-0.3, -0.25) is 4.79 Å². The van der Waals surface area contributed by atoms with Crippen LogP contribution in [0.15, 0.2) is 52.6 Å². The maximum atomic E-state index is 13.8. The van der Waals surface area contributed by atoms with Gasteiger partial charge >= 0.3 is 0 Å². The Hall–Kier alpha value is -2.71. The first-order valence-corrected chi connectivity index (χ1v) is 10.7. The Morgan fingerprint density at radius 2 is 1.93 bits per heavy atom. The van der Waals surface area contributed by atoms with Crippen molar-refractivity contribution >= 4 is 33.3 Å². The monoisotopic (exact) mass is 430 g/mol. The fourth-order valence-electron chi connectivity index (χ4n) is 2.97. The first kappa shape index (κ1) is 19.6. The van der Waals surface area contributed by atoms with Crippen LogP contribution in [-0.4, -0.2) is 17.1 Å². The van der Waals surface area contributed by atoms with E-state index in [1.54, 1.807) is 18.2 Å². The van der Waals surface area contributed by atoms with Gasteiger partial charge in [-0.05, 0) is 35.4 Å². The first-order chi connectivity index (χ1) is 14.0. The molecule has 0 saturated heterocycles. The Labute approximate surface area is 173 Å². The Morgan fingerprint density at radius 3 is 2.66 bits per heavy atom. The minimum absolute atomic E-state index is 0.213. The largest absolute Gasteiger partial charge is 0.494 e. The molecule has 4 rings (SSSR count). The van der Waals surface area contributed by atoms with Crippen molar-refractivity contribution in [3.8, 4) is 16.9 Å². The van der Waals surface area contributed by atoms with Gasteiger partial charge in [0.05, 0.1) is 18.2 Å². The fourth-order valence-corrected chi connectivity index (χ4v) is 4.78. The highest BCUT2D eigenvalue weighted by atomic mass is 32.2. The standard InChI is InChI=1S/C21H16F2N2O2S2/c1-27-17-7-2-12(8-16(17)23)9-28-11-18-24-20(26)19-15(10-29-21(19)25-18)13-3-5-14(22)6-4-13/h2-8,10H,9,11H2,1H3,(H,24,25,26). The van der Waals surface area contributed by atoms with E-state index in [9.17, 15) is 13.6 Å². The van der Waals surface area contributed by atoms with Crippen LogP contribution in [0.4, 0.5) is 8.78 Å². The summed E-state index contributed by atoms with van der Waals surface area (Å²) in [5.41, 5.74) is 2.12. The number of hydrogen-bond donors (Lipinski definition) is 1. The number of H-pyrrole nitrogens is 1. The molecule has 0 aliphatic rings. The Kier molecular flexibility index (Phi) is 5.64. The molecule has 0 unspecified atom stereocenters. The van der Waals surface area contributed by atoms with E-state index in [-0.39, 0.29) is 17.1 Å². The number of hydrogen-bond acceptors (Lipinski definition) is 5. The third-order valence-electron chi connectivity index (χ3n) is 4.37. The van der Waals surface area contributed by atoms with E-state index in [2.05, 4.69) is 9.97 Å². The number of fused-ring (bicyclic) bond motifs is 1. The third kappa shape index (κ3) is 4.18. The van der Waals surface area contributed by atoms with E-state index in [0.29, 0.717) is 27.5 Å². The molecule has 0 amide bonds. The summed E-state index contributed by atoms with van der Waals surface area (Å²) in [6.07, 6.45) is 0. The van der Waals surface area contributed by atoms with E-state index in [1.807, 2.05) is 11.4 Å². The molecule has 148 valence electrons. The van der Waals surface area contributed by atoms with Gasteiger partial charge in [-0.1, -0.05) is 18.2 Å². The van der Waals surface area contributed by atoms with Crippen LogP contribution < -0.4 is 10.3 Å². The SMILES string of the molecule is COc1ccc(CSCc2nc3scc(-c4ccc(F)cc4)c3c(=O)[nH]2)cc1F. The zero-order valence-electron chi connectivity index (χ0n) is 15.4. The molecular weight excluding hydrogens is 414 g/mol. The number of nitrogens with zero attached hydrogens (tertiary/aromatic N) is 1. The molecule has 0 fully saturated rings. The van der Waals surface area contributed by atoms with Crippen molar-refractivity contribution in [2.75, 3.05) is 7.11 Å². The topological polar surface area (TPSA) is 55.0 Å². The molecule has 0 spiro atoms. The number of aromatic amines is 1. The van der Waals surface area contributed by atoms with E-state index in [4.69, 9.17) is 4.74 Å². The smallest absolute Gasteiger partial charge is 0.260 e. The Balaban J connectivity index is 1.51. The maximum Gasteiger partial charge on any atom is 0.260 e. The summed E-state index contributed by atoms with van der Waals surface area (Å²) in [4.78, 5) is 20.6. The second-order valence-corrected chi connectivity index (χ2v) is 8.15. The fraction of sp³-hybridized carbons (Fsp3) is 0.143. The number of ether oxygens (including phenoxy) is 1. The molecule has 2 heterocycles. The van der Waals surface area contributed by atoms with Crippen LogP contribution in [0.2, 0.25) is 0 Å². The lowest BCUT2D eigenvalue weighted by atomic mass is 10.1. The number of benzene rings is 2. The lowest BCUT2D eigenvalue weighted by Crippen LogP contribution is -2.10. The molecule has 0 radical (unpaired) electrons. The van der Waals surface area contributed by atoms with E-state index >= 15 is 0 Å². The number of nitrogens with one attached hydrogen (secondary N) is 1. The van der Waals surface area contributed by atoms with Crippen LogP contribution in [0.25, 0.3) is 21.3 Å². The van der Waals surface area contributed by atoms with E-state index in [0.717, 1.165) is 16.7 Å². The number of thioether (sulfide) groups is 1. The predicted molar refractivity (Wildman–Crippen MR) is 114 cm³/mol. The minimum atomic E-state index is -0.398. The van der Waals surface area contributed by atoms with Crippen LogP contribution >= 0.6 is 23.1 Å². The summed E-state index contributed by atoms with van der Waals surface area (Å²) in [7, 11) is 1.43. The average molecular weight is 431 g/mol. The molecule has 2 aromatic carbocycles. The zero-order chi connectivity index (χ0) is 20.4.